The van der Waals surface area contributed by atoms with E-state index in [-0.39, 0.29) is 41.9 Å². The van der Waals surface area contributed by atoms with E-state index in [9.17, 15) is 14.4 Å². The lowest BCUT2D eigenvalue weighted by atomic mass is 10.1. The van der Waals surface area contributed by atoms with Crippen molar-refractivity contribution in [3.8, 4) is 0 Å². The second kappa shape index (κ2) is 5.36. The summed E-state index contributed by atoms with van der Waals surface area (Å²) >= 11 is 0. The fourth-order valence-corrected chi connectivity index (χ4v) is 2.88. The van der Waals surface area contributed by atoms with Gasteiger partial charge in [0.05, 0.1) is 24.7 Å². The Morgan fingerprint density at radius 1 is 1.36 bits per heavy atom. The molecule has 1 heterocycles. The molecule has 1 aliphatic rings. The van der Waals surface area contributed by atoms with Gasteiger partial charge in [-0.25, -0.2) is 4.98 Å². The Bertz CT molecular complexity index is 890. The smallest absolute Gasteiger partial charge is 0.264 e. The normalized spacial score (nSPS) is 23.4. The molecule has 1 unspecified atom stereocenters. The molecule has 0 spiro atoms. The van der Waals surface area contributed by atoms with Gasteiger partial charge in [-0.2, -0.15) is 0 Å². The van der Waals surface area contributed by atoms with Gasteiger partial charge < -0.3 is 5.73 Å². The first-order valence-electron chi connectivity index (χ1n) is 7.68. The molecule has 0 aliphatic heterocycles. The summed E-state index contributed by atoms with van der Waals surface area (Å²) in [5, 5.41) is 0.202. The largest absolute Gasteiger partial charge is 0.398 e. The number of rotatable bonds is 1. The number of nitrogen functional groups attached to an aromatic ring is 1. The number of benzene rings is 1. The van der Waals surface area contributed by atoms with Crippen LogP contribution in [0.3, 0.4) is 0 Å². The molecule has 0 bridgehead atoms. The average Bonchev–Trinajstić information content (AvgIpc) is 2.58. The maximum Gasteiger partial charge on any atom is 0.264 e. The lowest BCUT2D eigenvalue weighted by Gasteiger charge is -2.19. The molecule has 1 saturated carbocycles. The Morgan fingerprint density at radius 3 is 2.91 bits per heavy atom. The summed E-state index contributed by atoms with van der Waals surface area (Å²) in [6.07, 6.45) is 0.432. The Morgan fingerprint density at radius 2 is 2.14 bits per heavy atom. The van der Waals surface area contributed by atoms with Crippen LogP contribution in [-0.4, -0.2) is 21.1 Å². The average molecular weight is 300 g/mol. The summed E-state index contributed by atoms with van der Waals surface area (Å²) < 4.78 is 9.70. The molecule has 1 fully saturated rings. The highest BCUT2D eigenvalue weighted by atomic mass is 16.2. The number of aromatic nitrogens is 2. The zero-order valence-electron chi connectivity index (χ0n) is 13.3. The highest BCUT2D eigenvalue weighted by Crippen LogP contribution is 2.24. The van der Waals surface area contributed by atoms with Crippen molar-refractivity contribution < 1.29 is 11.0 Å². The predicted molar refractivity (Wildman–Crippen MR) is 82.7 cm³/mol. The van der Waals surface area contributed by atoms with Crippen molar-refractivity contribution in [1.29, 1.82) is 0 Å². The van der Waals surface area contributed by atoms with Crippen LogP contribution in [0.4, 0.5) is 5.69 Å². The van der Waals surface area contributed by atoms with Crippen LogP contribution in [0.5, 0.6) is 0 Å². The molecule has 6 nitrogen and oxygen atoms in total. The van der Waals surface area contributed by atoms with Crippen molar-refractivity contribution in [1.82, 2.24) is 9.55 Å². The van der Waals surface area contributed by atoms with E-state index >= 15 is 0 Å². The van der Waals surface area contributed by atoms with Gasteiger partial charge in [-0.05, 0) is 31.9 Å². The zero-order chi connectivity index (χ0) is 16.8. The van der Waals surface area contributed by atoms with Gasteiger partial charge in [-0.1, -0.05) is 6.07 Å². The maximum absolute atomic E-state index is 12.9. The second-order valence-electron chi connectivity index (χ2n) is 5.48. The highest BCUT2D eigenvalue weighted by molar-refractivity contribution is 6.01. The molecular formula is C16H17N3O3. The van der Waals surface area contributed by atoms with Gasteiger partial charge in [0, 0.05) is 12.1 Å². The minimum absolute atomic E-state index is 0.109. The Balaban J connectivity index is 2.31. The van der Waals surface area contributed by atoms with E-state index < -0.39 is 17.4 Å². The van der Waals surface area contributed by atoms with Gasteiger partial charge in [0.2, 0.25) is 0 Å². The van der Waals surface area contributed by atoms with Gasteiger partial charge in [-0.3, -0.25) is 19.0 Å². The lowest BCUT2D eigenvalue weighted by molar-refractivity contribution is -0.127. The monoisotopic (exact) mass is 300 g/mol. The summed E-state index contributed by atoms with van der Waals surface area (Å²) in [6.45, 7) is 1.58. The van der Waals surface area contributed by atoms with Crippen molar-refractivity contribution in [3.05, 3.63) is 34.4 Å². The number of ketones is 2. The molecule has 1 aliphatic carbocycles. The summed E-state index contributed by atoms with van der Waals surface area (Å²) in [6, 6.07) is 3.14. The highest BCUT2D eigenvalue weighted by Gasteiger charge is 2.28. The molecule has 3 rings (SSSR count). The number of nitrogens with zero attached hydrogens (tertiary/aromatic N) is 2. The number of nitrogens with two attached hydrogens (primary N) is 1. The number of anilines is 1. The second-order valence-corrected chi connectivity index (χ2v) is 5.48. The van der Waals surface area contributed by atoms with Gasteiger partial charge in [0.1, 0.15) is 11.6 Å². The Labute approximate surface area is 128 Å². The molecule has 0 radical (unpaired) electrons. The molecule has 22 heavy (non-hydrogen) atoms. The Hall–Kier alpha value is -2.50. The van der Waals surface area contributed by atoms with Crippen molar-refractivity contribution in [2.75, 3.05) is 5.73 Å². The van der Waals surface area contributed by atoms with E-state index in [0.717, 1.165) is 4.57 Å². The van der Waals surface area contributed by atoms with E-state index in [0.29, 0.717) is 11.9 Å². The van der Waals surface area contributed by atoms with Crippen molar-refractivity contribution in [2.24, 2.45) is 0 Å². The van der Waals surface area contributed by atoms with Crippen LogP contribution in [0.1, 0.15) is 38.9 Å². The Kier molecular flexibility index (Phi) is 3.21. The van der Waals surface area contributed by atoms with Crippen LogP contribution in [-0.2, 0) is 9.59 Å². The topological polar surface area (TPSA) is 95.1 Å². The minimum Gasteiger partial charge on any atom is -0.398 e. The van der Waals surface area contributed by atoms with Gasteiger partial charge in [0.25, 0.3) is 5.56 Å². The van der Waals surface area contributed by atoms with E-state index in [1.807, 2.05) is 0 Å². The zero-order valence-corrected chi connectivity index (χ0v) is 12.3. The third kappa shape index (κ3) is 2.30. The molecule has 2 aromatic rings. The van der Waals surface area contributed by atoms with Crippen LogP contribution in [0.15, 0.2) is 23.0 Å². The van der Waals surface area contributed by atoms with E-state index in [2.05, 4.69) is 4.98 Å². The van der Waals surface area contributed by atoms with Crippen LogP contribution in [0.2, 0.25) is 0 Å². The van der Waals surface area contributed by atoms with Crippen molar-refractivity contribution in [3.63, 3.8) is 0 Å². The number of fused-ring (bicyclic) bond motifs is 1. The third-order valence-electron chi connectivity index (χ3n) is 3.92. The van der Waals surface area contributed by atoms with E-state index in [1.165, 1.54) is 0 Å². The number of aryl methyl sites for hydroxylation is 1. The molecule has 1 aromatic heterocycles. The summed E-state index contributed by atoms with van der Waals surface area (Å²) in [5.74, 6) is -0.491. The molecule has 114 valence electrons. The summed E-state index contributed by atoms with van der Waals surface area (Å²) in [5.41, 5.74) is 6.07. The summed E-state index contributed by atoms with van der Waals surface area (Å²) in [7, 11) is 0. The van der Waals surface area contributed by atoms with Gasteiger partial charge >= 0.3 is 0 Å². The van der Waals surface area contributed by atoms with Crippen LogP contribution in [0.25, 0.3) is 10.9 Å². The molecule has 1 aromatic carbocycles. The molecule has 1 atom stereocenters. The SMILES string of the molecule is [2H]C1(n2c(C)nc3cccc(N)c3c2=O)CCCC(=O)CC1=O. The fourth-order valence-electron chi connectivity index (χ4n) is 2.88. The fraction of sp³-hybridized carbons (Fsp3) is 0.375. The molecule has 2 N–H and O–H groups in total. The predicted octanol–water partition coefficient (Wildman–Crippen LogP) is 1.54. The maximum atomic E-state index is 12.9. The first-order valence-corrected chi connectivity index (χ1v) is 7.18. The first kappa shape index (κ1) is 13.2. The molecule has 0 saturated heterocycles. The number of Topliss-reactive ketones (excluding diaryl/α,β-unsaturated/α-hetero) is 2. The third-order valence-corrected chi connectivity index (χ3v) is 3.92. The lowest BCUT2D eigenvalue weighted by Crippen LogP contribution is -2.32. The quantitative estimate of drug-likeness (QED) is 0.489. The molecule has 6 heteroatoms. The van der Waals surface area contributed by atoms with E-state index in [4.69, 9.17) is 7.10 Å². The number of hydrogen-bond donors (Lipinski definition) is 1. The minimum atomic E-state index is -1.81. The molecule has 0 amide bonds. The van der Waals surface area contributed by atoms with Crippen molar-refractivity contribution >= 4 is 28.2 Å². The van der Waals surface area contributed by atoms with Crippen LogP contribution >= 0.6 is 0 Å². The number of carbonyl (C=O) groups excluding carboxylic acids is 2. The standard InChI is InChI=1S/C16H17N3O3/c1-9-18-12-6-3-5-11(17)15(12)16(22)19(9)13-7-2-4-10(20)8-14(13)21/h3,5-6,13H,2,4,7-8,17H2,1H3/i13D. The molecular weight excluding hydrogens is 282 g/mol. The van der Waals surface area contributed by atoms with Crippen LogP contribution < -0.4 is 11.3 Å². The number of carbonyl (C=O) groups is 2. The van der Waals surface area contributed by atoms with Crippen molar-refractivity contribution in [2.45, 2.75) is 38.6 Å². The summed E-state index contributed by atoms with van der Waals surface area (Å²) in [4.78, 5) is 41.3. The first-order chi connectivity index (χ1) is 10.8. The van der Waals surface area contributed by atoms with E-state index in [1.54, 1.807) is 25.1 Å². The number of hydrogen-bond acceptors (Lipinski definition) is 5. The van der Waals surface area contributed by atoms with Gasteiger partial charge in [-0.15, -0.1) is 0 Å². The van der Waals surface area contributed by atoms with Crippen LogP contribution in [0, 0.1) is 6.92 Å². The van der Waals surface area contributed by atoms with Gasteiger partial charge in [0.15, 0.2) is 5.78 Å².